The van der Waals surface area contributed by atoms with Crippen molar-refractivity contribution < 1.29 is 9.59 Å². The van der Waals surface area contributed by atoms with Gasteiger partial charge in [0.25, 0.3) is 11.8 Å². The van der Waals surface area contributed by atoms with E-state index in [9.17, 15) is 9.59 Å². The molecular formula is C25H21ClN2O2. The second kappa shape index (κ2) is 8.17. The number of carbonyl (C=O) groups excluding carboxylic acids is 2. The van der Waals surface area contributed by atoms with Crippen molar-refractivity contribution in [2.75, 3.05) is 5.32 Å². The molecule has 1 aliphatic heterocycles. The van der Waals surface area contributed by atoms with Gasteiger partial charge in [0.15, 0.2) is 0 Å². The van der Waals surface area contributed by atoms with E-state index >= 15 is 0 Å². The minimum atomic E-state index is -0.341. The highest BCUT2D eigenvalue weighted by atomic mass is 35.5. The SMILES string of the molecule is Cc1ccc(CN2C(=O)C(Nc3cccc(C)c3)=C(c3ccc(Cl)cc3)C2=O)cc1. The van der Waals surface area contributed by atoms with Crippen molar-refractivity contribution in [3.63, 3.8) is 0 Å². The number of nitrogens with zero attached hydrogens (tertiary/aromatic N) is 1. The molecule has 0 bridgehead atoms. The van der Waals surface area contributed by atoms with Gasteiger partial charge in [-0.05, 0) is 54.8 Å². The Morgan fingerprint density at radius 1 is 0.833 bits per heavy atom. The maximum absolute atomic E-state index is 13.3. The molecule has 1 heterocycles. The van der Waals surface area contributed by atoms with Crippen molar-refractivity contribution >= 4 is 34.7 Å². The maximum Gasteiger partial charge on any atom is 0.278 e. The Bertz CT molecular complexity index is 1150. The van der Waals surface area contributed by atoms with Crippen LogP contribution >= 0.6 is 11.6 Å². The van der Waals surface area contributed by atoms with Crippen LogP contribution in [0.2, 0.25) is 5.02 Å². The highest BCUT2D eigenvalue weighted by molar-refractivity contribution is 6.36. The van der Waals surface area contributed by atoms with Gasteiger partial charge in [-0.15, -0.1) is 0 Å². The molecule has 0 spiro atoms. The van der Waals surface area contributed by atoms with E-state index < -0.39 is 0 Å². The van der Waals surface area contributed by atoms with E-state index in [-0.39, 0.29) is 24.1 Å². The van der Waals surface area contributed by atoms with Gasteiger partial charge in [0.05, 0.1) is 12.1 Å². The van der Waals surface area contributed by atoms with E-state index in [1.807, 2.05) is 62.4 Å². The van der Waals surface area contributed by atoms with Crippen LogP contribution < -0.4 is 5.32 Å². The molecule has 30 heavy (non-hydrogen) atoms. The average Bonchev–Trinajstić information content (AvgIpc) is 2.95. The lowest BCUT2D eigenvalue weighted by Gasteiger charge is -2.15. The number of imide groups is 1. The molecule has 0 radical (unpaired) electrons. The van der Waals surface area contributed by atoms with Crippen molar-refractivity contribution in [3.05, 3.63) is 106 Å². The highest BCUT2D eigenvalue weighted by Crippen LogP contribution is 2.32. The van der Waals surface area contributed by atoms with Crippen molar-refractivity contribution in [2.24, 2.45) is 0 Å². The van der Waals surface area contributed by atoms with Crippen LogP contribution in [0.4, 0.5) is 5.69 Å². The minimum Gasteiger partial charge on any atom is -0.350 e. The van der Waals surface area contributed by atoms with Gasteiger partial charge in [0.2, 0.25) is 0 Å². The number of anilines is 1. The highest BCUT2D eigenvalue weighted by Gasteiger charge is 2.39. The number of benzene rings is 3. The monoisotopic (exact) mass is 416 g/mol. The van der Waals surface area contributed by atoms with E-state index in [0.29, 0.717) is 16.2 Å². The van der Waals surface area contributed by atoms with Gasteiger partial charge >= 0.3 is 0 Å². The summed E-state index contributed by atoms with van der Waals surface area (Å²) in [6.07, 6.45) is 0. The molecule has 1 aliphatic rings. The number of hydrogen-bond donors (Lipinski definition) is 1. The predicted molar refractivity (Wildman–Crippen MR) is 120 cm³/mol. The summed E-state index contributed by atoms with van der Waals surface area (Å²) in [4.78, 5) is 27.9. The molecule has 1 N–H and O–H groups in total. The standard InChI is InChI=1S/C25H21ClN2O2/c1-16-6-8-18(9-7-16)15-28-24(29)22(19-10-12-20(26)13-11-19)23(25(28)30)27-21-5-3-4-17(2)14-21/h3-14,27H,15H2,1-2H3. The van der Waals surface area contributed by atoms with Crippen LogP contribution in [-0.2, 0) is 16.1 Å². The van der Waals surface area contributed by atoms with Crippen molar-refractivity contribution in [2.45, 2.75) is 20.4 Å². The number of nitrogens with one attached hydrogen (secondary N) is 1. The summed E-state index contributed by atoms with van der Waals surface area (Å²) in [5, 5.41) is 3.75. The quantitative estimate of drug-likeness (QED) is 0.570. The van der Waals surface area contributed by atoms with Gasteiger partial charge in [0.1, 0.15) is 5.70 Å². The third kappa shape index (κ3) is 4.00. The Morgan fingerprint density at radius 2 is 1.53 bits per heavy atom. The lowest BCUT2D eigenvalue weighted by atomic mass is 10.0. The smallest absolute Gasteiger partial charge is 0.278 e. The first-order chi connectivity index (χ1) is 14.4. The topological polar surface area (TPSA) is 49.4 Å². The molecule has 2 amide bonds. The molecule has 150 valence electrons. The van der Waals surface area contributed by atoms with Crippen LogP contribution in [0.15, 0.2) is 78.5 Å². The van der Waals surface area contributed by atoms with E-state index in [2.05, 4.69) is 5.32 Å². The molecule has 0 saturated carbocycles. The molecule has 0 aromatic heterocycles. The van der Waals surface area contributed by atoms with Crippen LogP contribution in [-0.4, -0.2) is 16.7 Å². The first kappa shape index (κ1) is 19.9. The first-order valence-corrected chi connectivity index (χ1v) is 10.1. The van der Waals surface area contributed by atoms with Crippen LogP contribution in [0.5, 0.6) is 0 Å². The van der Waals surface area contributed by atoms with Crippen LogP contribution in [0.25, 0.3) is 5.57 Å². The summed E-state index contributed by atoms with van der Waals surface area (Å²) in [7, 11) is 0. The van der Waals surface area contributed by atoms with Gasteiger partial charge in [-0.25, -0.2) is 0 Å². The molecule has 3 aromatic carbocycles. The first-order valence-electron chi connectivity index (χ1n) is 9.68. The zero-order valence-electron chi connectivity index (χ0n) is 16.8. The Morgan fingerprint density at radius 3 is 2.20 bits per heavy atom. The lowest BCUT2D eigenvalue weighted by Crippen LogP contribution is -2.32. The third-order valence-electron chi connectivity index (χ3n) is 5.05. The van der Waals surface area contributed by atoms with E-state index in [1.165, 1.54) is 4.90 Å². The normalized spacial score (nSPS) is 13.9. The summed E-state index contributed by atoms with van der Waals surface area (Å²) < 4.78 is 0. The van der Waals surface area contributed by atoms with Crippen LogP contribution in [0.1, 0.15) is 22.3 Å². The number of aryl methyl sites for hydroxylation is 2. The number of hydrogen-bond acceptors (Lipinski definition) is 3. The van der Waals surface area contributed by atoms with Crippen molar-refractivity contribution in [1.29, 1.82) is 0 Å². The van der Waals surface area contributed by atoms with Gasteiger partial charge in [-0.2, -0.15) is 0 Å². The number of rotatable bonds is 5. The number of amides is 2. The van der Waals surface area contributed by atoms with Crippen molar-refractivity contribution in [1.82, 2.24) is 4.90 Å². The molecule has 4 rings (SSSR count). The molecule has 0 unspecified atom stereocenters. The van der Waals surface area contributed by atoms with Crippen molar-refractivity contribution in [3.8, 4) is 0 Å². The van der Waals surface area contributed by atoms with E-state index in [1.54, 1.807) is 24.3 Å². The Kier molecular flexibility index (Phi) is 5.42. The average molecular weight is 417 g/mol. The maximum atomic E-state index is 13.3. The van der Waals surface area contributed by atoms with Crippen LogP contribution in [0.3, 0.4) is 0 Å². The fourth-order valence-corrected chi connectivity index (χ4v) is 3.59. The zero-order chi connectivity index (χ0) is 21.3. The molecule has 0 saturated heterocycles. The second-order valence-electron chi connectivity index (χ2n) is 7.43. The van der Waals surface area contributed by atoms with Gasteiger partial charge < -0.3 is 5.32 Å². The Labute approximate surface area is 180 Å². The Hall–Kier alpha value is -3.37. The molecule has 0 aliphatic carbocycles. The summed E-state index contributed by atoms with van der Waals surface area (Å²) in [5.74, 6) is -0.662. The van der Waals surface area contributed by atoms with Gasteiger partial charge in [0, 0.05) is 10.7 Å². The Balaban J connectivity index is 1.73. The third-order valence-corrected chi connectivity index (χ3v) is 5.30. The number of carbonyl (C=O) groups is 2. The summed E-state index contributed by atoms with van der Waals surface area (Å²) in [6, 6.07) is 22.5. The molecule has 0 atom stereocenters. The van der Waals surface area contributed by atoms with E-state index in [0.717, 1.165) is 22.4 Å². The summed E-state index contributed by atoms with van der Waals surface area (Å²) in [5.41, 5.74) is 5.12. The van der Waals surface area contributed by atoms with E-state index in [4.69, 9.17) is 11.6 Å². The molecule has 0 fully saturated rings. The minimum absolute atomic E-state index is 0.216. The molecule has 3 aromatic rings. The molecular weight excluding hydrogens is 396 g/mol. The fourth-order valence-electron chi connectivity index (χ4n) is 3.46. The summed E-state index contributed by atoms with van der Waals surface area (Å²) >= 11 is 6.02. The lowest BCUT2D eigenvalue weighted by molar-refractivity contribution is -0.137. The second-order valence-corrected chi connectivity index (χ2v) is 7.87. The largest absolute Gasteiger partial charge is 0.350 e. The summed E-state index contributed by atoms with van der Waals surface area (Å²) in [6.45, 7) is 4.19. The fraction of sp³-hybridized carbons (Fsp3) is 0.120. The molecule has 5 heteroatoms. The number of halogens is 1. The van der Waals surface area contributed by atoms with Gasteiger partial charge in [-0.1, -0.05) is 65.7 Å². The zero-order valence-corrected chi connectivity index (χ0v) is 17.5. The van der Waals surface area contributed by atoms with Gasteiger partial charge in [-0.3, -0.25) is 14.5 Å². The molecule has 4 nitrogen and oxygen atoms in total. The predicted octanol–water partition coefficient (Wildman–Crippen LogP) is 5.35. The van der Waals surface area contributed by atoms with Crippen LogP contribution in [0, 0.1) is 13.8 Å².